The predicted octanol–water partition coefficient (Wildman–Crippen LogP) is 2.36. The van der Waals surface area contributed by atoms with Crippen LogP contribution in [0.1, 0.15) is 33.1 Å². The second-order valence-electron chi connectivity index (χ2n) is 2.41. The third-order valence-electron chi connectivity index (χ3n) is 0.957. The van der Waals surface area contributed by atoms with E-state index in [1.54, 1.807) is 0 Å². The van der Waals surface area contributed by atoms with E-state index in [1.807, 2.05) is 0 Å². The van der Waals surface area contributed by atoms with Crippen molar-refractivity contribution in [2.75, 3.05) is 0 Å². The molecule has 2 heteroatoms. The van der Waals surface area contributed by atoms with Crippen molar-refractivity contribution in [1.82, 2.24) is 0 Å². The van der Waals surface area contributed by atoms with Gasteiger partial charge in [0.05, 0.1) is 0 Å². The van der Waals surface area contributed by atoms with E-state index < -0.39 is 0 Å². The fourth-order valence-electron chi connectivity index (χ4n) is 0.500. The van der Waals surface area contributed by atoms with E-state index in [1.165, 1.54) is 29.5 Å². The fraction of sp³-hybridized carbons (Fsp3) is 1.00. The van der Waals surface area contributed by atoms with E-state index in [4.69, 9.17) is 0 Å². The van der Waals surface area contributed by atoms with Crippen LogP contribution >= 0.6 is 0 Å². The first-order chi connectivity index (χ1) is 4.33. The van der Waals surface area contributed by atoms with Crippen LogP contribution in [-0.2, 0) is 0 Å². The van der Waals surface area contributed by atoms with Crippen LogP contribution in [0.3, 0.4) is 0 Å². The van der Waals surface area contributed by atoms with Gasteiger partial charge in [-0.1, -0.05) is 0 Å². The summed E-state index contributed by atoms with van der Waals surface area (Å²) < 4.78 is 0. The quantitative estimate of drug-likeness (QED) is 0.390. The molecule has 0 aromatic carbocycles. The molecule has 0 atom stereocenters. The summed E-state index contributed by atoms with van der Waals surface area (Å²) in [6, 6.07) is 0. The van der Waals surface area contributed by atoms with Gasteiger partial charge in [-0.3, -0.25) is 0 Å². The second-order valence-corrected chi connectivity index (χ2v) is 2.41. The minimum atomic E-state index is 1.25. The normalized spacial score (nSPS) is 8.22. The Labute approximate surface area is 78.6 Å². The van der Waals surface area contributed by atoms with Gasteiger partial charge in [0.2, 0.25) is 0 Å². The summed E-state index contributed by atoms with van der Waals surface area (Å²) in [5.41, 5.74) is 0. The third-order valence-corrected chi connectivity index (χ3v) is 0.957. The molecule has 0 spiro atoms. The molecule has 0 saturated carbocycles. The third kappa shape index (κ3) is 27.0. The number of unbranched alkanes of at least 4 members (excludes halogenated alkanes) is 2. The maximum absolute atomic E-state index is 2.23. The Morgan fingerprint density at radius 1 is 1.00 bits per heavy atom. The predicted molar refractivity (Wildman–Crippen MR) is 46.3 cm³/mol. The summed E-state index contributed by atoms with van der Waals surface area (Å²) >= 11 is 4.36. The number of hydrogen-bond acceptors (Lipinski definition) is 0. The number of rotatable bonds is 3. The van der Waals surface area contributed by atoms with Crippen molar-refractivity contribution in [3.63, 3.8) is 0 Å². The first-order valence-corrected chi connectivity index (χ1v) is 4.33. The summed E-state index contributed by atoms with van der Waals surface area (Å²) in [6.07, 6.45) is 4.18. The minimum absolute atomic E-state index is 1.25. The molecule has 0 saturated heterocycles. The second kappa shape index (κ2) is 16.1. The van der Waals surface area contributed by atoms with Gasteiger partial charge in [-0.05, 0) is 0 Å². The molecule has 0 N–H and O–H groups in total. The van der Waals surface area contributed by atoms with Gasteiger partial charge in [-0.15, -0.1) is 0 Å². The van der Waals surface area contributed by atoms with Crippen LogP contribution in [-0.4, -0.2) is 35.4 Å². The summed E-state index contributed by atoms with van der Waals surface area (Å²) in [6.45, 7) is 4.36. The molecule has 0 aliphatic heterocycles. The summed E-state index contributed by atoms with van der Waals surface area (Å²) in [5, 5.41) is 2.60. The van der Waals surface area contributed by atoms with Crippen molar-refractivity contribution in [1.29, 1.82) is 0 Å². The molecule has 0 rings (SSSR count). The molecule has 0 radical (unpaired) electrons. The molecule has 0 fully saturated rings. The first kappa shape index (κ1) is 12.8. The van der Waals surface area contributed by atoms with Crippen molar-refractivity contribution in [2.45, 2.75) is 43.3 Å². The van der Waals surface area contributed by atoms with Crippen molar-refractivity contribution >= 4 is 35.4 Å². The first-order valence-electron chi connectivity index (χ1n) is 4.33. The van der Waals surface area contributed by atoms with Crippen LogP contribution in [0.4, 0.5) is 0 Å². The Bertz CT molecular complexity index is 26.1. The molecule has 9 heavy (non-hydrogen) atoms. The maximum atomic E-state index is 2.23. The Morgan fingerprint density at radius 2 is 1.44 bits per heavy atom. The zero-order valence-corrected chi connectivity index (χ0v) is 7.54. The molecular formula is C7H16Li2. The molecule has 46 valence electrons. The Morgan fingerprint density at radius 3 is 1.56 bits per heavy atom. The Kier molecular flexibility index (Phi) is 22.9. The molecule has 0 heterocycles. The average molecular weight is 114 g/mol. The monoisotopic (exact) mass is 114 g/mol. The van der Waals surface area contributed by atoms with Gasteiger partial charge in [0.25, 0.3) is 0 Å². The van der Waals surface area contributed by atoms with E-state index in [0.29, 0.717) is 0 Å². The van der Waals surface area contributed by atoms with Crippen LogP contribution in [0, 0.1) is 0 Å². The molecule has 0 aromatic heterocycles. The molecule has 0 unspecified atom stereocenters. The van der Waals surface area contributed by atoms with Crippen LogP contribution in [0.5, 0.6) is 0 Å². The van der Waals surface area contributed by atoms with Crippen LogP contribution in [0.2, 0.25) is 10.2 Å². The Balaban J connectivity index is 0. The SMILES string of the molecule is [Li][CH2]C.[Li][CH2]CCCC. The molecule has 0 aromatic rings. The molecule has 0 nitrogen and oxygen atoms in total. The van der Waals surface area contributed by atoms with Gasteiger partial charge in [0.15, 0.2) is 0 Å². The van der Waals surface area contributed by atoms with Gasteiger partial charge >= 0.3 is 78.7 Å². The van der Waals surface area contributed by atoms with E-state index >= 15 is 0 Å². The van der Waals surface area contributed by atoms with Gasteiger partial charge in [0, 0.05) is 0 Å². The summed E-state index contributed by atoms with van der Waals surface area (Å²) in [7, 11) is 0. The van der Waals surface area contributed by atoms with Crippen molar-refractivity contribution in [2.24, 2.45) is 0 Å². The van der Waals surface area contributed by atoms with Gasteiger partial charge in [-0.25, -0.2) is 0 Å². The van der Waals surface area contributed by atoms with Crippen LogP contribution < -0.4 is 0 Å². The van der Waals surface area contributed by atoms with E-state index in [0.717, 1.165) is 0 Å². The summed E-state index contributed by atoms with van der Waals surface area (Å²) in [4.78, 5) is 0. The molecule has 0 bridgehead atoms. The van der Waals surface area contributed by atoms with Crippen molar-refractivity contribution < 1.29 is 0 Å². The fourth-order valence-corrected chi connectivity index (χ4v) is 0.500. The van der Waals surface area contributed by atoms with E-state index in [2.05, 4.69) is 49.3 Å². The van der Waals surface area contributed by atoms with Crippen LogP contribution in [0.25, 0.3) is 0 Å². The molecular weight excluding hydrogens is 98.0 g/mol. The Hall–Kier alpha value is 1.19. The molecule has 0 aliphatic rings. The van der Waals surface area contributed by atoms with E-state index in [-0.39, 0.29) is 0 Å². The van der Waals surface area contributed by atoms with Crippen molar-refractivity contribution in [3.05, 3.63) is 0 Å². The molecule has 0 aliphatic carbocycles. The van der Waals surface area contributed by atoms with Gasteiger partial charge in [0.1, 0.15) is 0 Å². The topological polar surface area (TPSA) is 0 Å². The number of hydrogen-bond donors (Lipinski definition) is 0. The zero-order valence-electron chi connectivity index (χ0n) is 7.54. The standard InChI is InChI=1S/C5H11.C2H5.2Li/c1-3-5-4-2;1-2;;/h1,3-5H2,2H3;1H2,2H3;;. The molecule has 0 amide bonds. The van der Waals surface area contributed by atoms with Crippen molar-refractivity contribution in [3.8, 4) is 0 Å². The van der Waals surface area contributed by atoms with Crippen LogP contribution in [0.15, 0.2) is 0 Å². The van der Waals surface area contributed by atoms with E-state index in [9.17, 15) is 0 Å². The summed E-state index contributed by atoms with van der Waals surface area (Å²) in [5.74, 6) is 0. The average Bonchev–Trinajstić information content (AvgIpc) is 1.86. The van der Waals surface area contributed by atoms with Gasteiger partial charge < -0.3 is 0 Å². The van der Waals surface area contributed by atoms with Gasteiger partial charge in [-0.2, -0.15) is 0 Å². The zero-order chi connectivity index (χ0) is 7.54.